The highest BCUT2D eigenvalue weighted by molar-refractivity contribution is 5.94. The fourth-order valence-electron chi connectivity index (χ4n) is 3.64. The molecule has 2 aromatic rings. The lowest BCUT2D eigenvalue weighted by Gasteiger charge is -2.42. The zero-order chi connectivity index (χ0) is 25.7. The average molecular weight is 491 g/mol. The minimum absolute atomic E-state index is 0.134. The fraction of sp³-hybridized carbons (Fsp3) is 0.375. The molecule has 0 unspecified atom stereocenters. The Kier molecular flexibility index (Phi) is 8.39. The Balaban J connectivity index is 1.86. The molecule has 3 rings (SSSR count). The number of rotatable bonds is 7. The van der Waals surface area contributed by atoms with Gasteiger partial charge in [-0.2, -0.15) is 0 Å². The summed E-state index contributed by atoms with van der Waals surface area (Å²) in [5.41, 5.74) is 0.257. The number of esters is 2. The molecule has 1 aliphatic rings. The summed E-state index contributed by atoms with van der Waals surface area (Å²) < 4.78 is 36.8. The predicted molar refractivity (Wildman–Crippen MR) is 118 cm³/mol. The van der Waals surface area contributed by atoms with Crippen molar-refractivity contribution in [3.63, 3.8) is 0 Å². The van der Waals surface area contributed by atoms with Crippen molar-refractivity contribution in [1.82, 2.24) is 5.32 Å². The third-order valence-corrected chi connectivity index (χ3v) is 5.31. The van der Waals surface area contributed by atoms with E-state index in [-0.39, 0.29) is 23.0 Å². The summed E-state index contributed by atoms with van der Waals surface area (Å²) >= 11 is 0. The highest BCUT2D eigenvalue weighted by Gasteiger charge is 2.48. The number of hydrogen-bond acceptors (Lipinski definition) is 9. The van der Waals surface area contributed by atoms with Crippen LogP contribution in [0, 0.1) is 5.82 Å². The molecule has 0 bridgehead atoms. The van der Waals surface area contributed by atoms with Crippen LogP contribution in [0.1, 0.15) is 35.9 Å². The average Bonchev–Trinajstić information content (AvgIpc) is 2.83. The van der Waals surface area contributed by atoms with Gasteiger partial charge in [0, 0.05) is 32.0 Å². The largest absolute Gasteiger partial charge is 0.463 e. The topological polar surface area (TPSA) is 141 Å². The predicted octanol–water partition coefficient (Wildman–Crippen LogP) is 1.63. The first-order chi connectivity index (χ1) is 16.6. The molecule has 35 heavy (non-hydrogen) atoms. The van der Waals surface area contributed by atoms with Gasteiger partial charge in [-0.1, -0.05) is 12.1 Å². The van der Waals surface area contributed by atoms with E-state index in [0.717, 1.165) is 13.8 Å². The first-order valence-corrected chi connectivity index (χ1v) is 10.7. The lowest BCUT2D eigenvalue weighted by molar-refractivity contribution is -0.243. The number of ether oxygens (including phenoxy) is 4. The Bertz CT molecular complexity index is 1080. The number of nitrogens with one attached hydrogen (secondary N) is 1. The highest BCUT2D eigenvalue weighted by Crippen LogP contribution is 2.38. The van der Waals surface area contributed by atoms with Crippen molar-refractivity contribution in [3.8, 4) is 11.5 Å². The Morgan fingerprint density at radius 1 is 1.03 bits per heavy atom. The Morgan fingerprint density at radius 2 is 1.71 bits per heavy atom. The van der Waals surface area contributed by atoms with E-state index in [1.165, 1.54) is 49.5 Å². The van der Waals surface area contributed by atoms with E-state index in [0.29, 0.717) is 5.56 Å². The zero-order valence-electron chi connectivity index (χ0n) is 19.3. The number of carbonyl (C=O) groups is 3. The van der Waals surface area contributed by atoms with E-state index < -0.39 is 54.9 Å². The molecule has 10 nitrogen and oxygen atoms in total. The molecule has 3 N–H and O–H groups in total. The molecule has 0 radical (unpaired) electrons. The van der Waals surface area contributed by atoms with Crippen LogP contribution in [0.4, 0.5) is 4.39 Å². The van der Waals surface area contributed by atoms with Crippen molar-refractivity contribution >= 4 is 17.8 Å². The summed E-state index contributed by atoms with van der Waals surface area (Å²) in [5, 5.41) is 23.8. The molecular formula is C24H26FNO9. The molecule has 0 aliphatic carbocycles. The maximum absolute atomic E-state index is 15.4. The van der Waals surface area contributed by atoms with Crippen LogP contribution in [0.15, 0.2) is 42.5 Å². The van der Waals surface area contributed by atoms with Crippen LogP contribution in [-0.2, 0) is 23.8 Å². The number of carbonyl (C=O) groups excluding carboxylic acids is 3. The standard InChI is InChI=1S/C24H26FNO9/c1-12(27)32-11-18-23(33-13(2)28)21(30)20(29)22(35-18)16-5-4-6-17(19(16)25)34-15-9-7-14(8-10-15)24(31)26-3/h4-10,18,20-23,29-30H,11H2,1-3H3,(H,26,31)/t18-,20+,21-,22-,23-/m1/s1. The van der Waals surface area contributed by atoms with Gasteiger partial charge in [0.05, 0.1) is 0 Å². The number of benzene rings is 2. The van der Waals surface area contributed by atoms with Gasteiger partial charge < -0.3 is 34.5 Å². The Morgan fingerprint density at radius 3 is 2.31 bits per heavy atom. The summed E-state index contributed by atoms with van der Waals surface area (Å²) in [7, 11) is 1.50. The van der Waals surface area contributed by atoms with Gasteiger partial charge in [-0.3, -0.25) is 14.4 Å². The van der Waals surface area contributed by atoms with Gasteiger partial charge in [0.1, 0.15) is 36.8 Å². The normalized spacial score (nSPS) is 23.8. The van der Waals surface area contributed by atoms with Gasteiger partial charge in [-0.15, -0.1) is 0 Å². The summed E-state index contributed by atoms with van der Waals surface area (Å²) in [6.45, 7) is 1.87. The number of hydrogen-bond donors (Lipinski definition) is 3. The van der Waals surface area contributed by atoms with Crippen LogP contribution >= 0.6 is 0 Å². The maximum Gasteiger partial charge on any atom is 0.303 e. The monoisotopic (exact) mass is 491 g/mol. The molecule has 1 fully saturated rings. The van der Waals surface area contributed by atoms with Crippen molar-refractivity contribution in [2.24, 2.45) is 0 Å². The van der Waals surface area contributed by atoms with Gasteiger partial charge in [-0.05, 0) is 30.3 Å². The molecule has 0 aromatic heterocycles. The molecule has 1 amide bonds. The second kappa shape index (κ2) is 11.3. The Hall–Kier alpha value is -3.54. The minimum atomic E-state index is -1.68. The smallest absolute Gasteiger partial charge is 0.303 e. The first kappa shape index (κ1) is 26.1. The maximum atomic E-state index is 15.4. The second-order valence-electron chi connectivity index (χ2n) is 7.82. The van der Waals surface area contributed by atoms with E-state index in [9.17, 15) is 24.6 Å². The van der Waals surface area contributed by atoms with E-state index in [4.69, 9.17) is 18.9 Å². The second-order valence-corrected chi connectivity index (χ2v) is 7.82. The van der Waals surface area contributed by atoms with Crippen LogP contribution in [0.5, 0.6) is 11.5 Å². The van der Waals surface area contributed by atoms with Crippen molar-refractivity contribution in [2.45, 2.75) is 44.4 Å². The van der Waals surface area contributed by atoms with Crippen LogP contribution < -0.4 is 10.1 Å². The molecule has 2 aromatic carbocycles. The molecule has 0 spiro atoms. The van der Waals surface area contributed by atoms with Gasteiger partial charge in [0.15, 0.2) is 17.7 Å². The van der Waals surface area contributed by atoms with Crippen molar-refractivity contribution < 1.29 is 47.9 Å². The SMILES string of the molecule is CNC(=O)c1ccc(Oc2cccc([C@H]3O[C@H](COC(C)=O)[C@@H](OC(C)=O)[C@H](O)[C@@H]3O)c2F)cc1. The summed E-state index contributed by atoms with van der Waals surface area (Å²) in [4.78, 5) is 34.4. The fourth-order valence-corrected chi connectivity index (χ4v) is 3.64. The van der Waals surface area contributed by atoms with E-state index in [1.54, 1.807) is 0 Å². The van der Waals surface area contributed by atoms with E-state index in [1.807, 2.05) is 0 Å². The van der Waals surface area contributed by atoms with E-state index >= 15 is 4.39 Å². The molecule has 1 heterocycles. The number of aliphatic hydroxyl groups excluding tert-OH is 2. The van der Waals surface area contributed by atoms with Gasteiger partial charge >= 0.3 is 11.9 Å². The van der Waals surface area contributed by atoms with Crippen LogP contribution in [0.25, 0.3) is 0 Å². The molecule has 5 atom stereocenters. The molecule has 188 valence electrons. The third kappa shape index (κ3) is 6.13. The zero-order valence-corrected chi connectivity index (χ0v) is 19.3. The highest BCUT2D eigenvalue weighted by atomic mass is 19.1. The van der Waals surface area contributed by atoms with E-state index in [2.05, 4.69) is 5.32 Å². The lowest BCUT2D eigenvalue weighted by Crippen LogP contribution is -2.57. The lowest BCUT2D eigenvalue weighted by atomic mass is 9.90. The van der Waals surface area contributed by atoms with Gasteiger partial charge in [0.25, 0.3) is 5.91 Å². The summed E-state index contributed by atoms with van der Waals surface area (Å²) in [6, 6.07) is 10.2. The molecule has 0 saturated carbocycles. The molecule has 1 saturated heterocycles. The molecule has 1 aliphatic heterocycles. The van der Waals surface area contributed by atoms with Crippen LogP contribution in [0.3, 0.4) is 0 Å². The van der Waals surface area contributed by atoms with Crippen molar-refractivity contribution in [3.05, 3.63) is 59.4 Å². The number of aliphatic hydroxyl groups is 2. The first-order valence-electron chi connectivity index (χ1n) is 10.7. The number of halogens is 1. The van der Waals surface area contributed by atoms with Crippen LogP contribution in [-0.4, -0.2) is 66.1 Å². The van der Waals surface area contributed by atoms with Gasteiger partial charge in [0.2, 0.25) is 0 Å². The molecular weight excluding hydrogens is 465 g/mol. The minimum Gasteiger partial charge on any atom is -0.463 e. The van der Waals surface area contributed by atoms with Gasteiger partial charge in [-0.25, -0.2) is 4.39 Å². The third-order valence-electron chi connectivity index (χ3n) is 5.31. The van der Waals surface area contributed by atoms with Crippen LogP contribution in [0.2, 0.25) is 0 Å². The van der Waals surface area contributed by atoms with Crippen molar-refractivity contribution in [1.29, 1.82) is 0 Å². The quantitative estimate of drug-likeness (QED) is 0.493. The molecule has 11 heteroatoms. The summed E-state index contributed by atoms with van der Waals surface area (Å²) in [5.74, 6) is -2.49. The summed E-state index contributed by atoms with van der Waals surface area (Å²) in [6.07, 6.45) is -7.24. The Labute approximate surface area is 200 Å². The van der Waals surface area contributed by atoms with Crippen molar-refractivity contribution in [2.75, 3.05) is 13.7 Å². The number of amides is 1.